The molecule has 1 fully saturated rings. The van der Waals surface area contributed by atoms with Gasteiger partial charge in [0.2, 0.25) is 15.9 Å². The number of amides is 2. The standard InChI is InChI=1S/C15H20FN3O4S/c1-11-10-18-14(20)5-8-19(11)24(22,23)13-4-2-3-12(9-13)15(21)17-7-6-16/h2-4,9,11H,5-8,10H2,1H3,(H,17,21)(H,18,20)/t11-/m0/s1. The van der Waals surface area contributed by atoms with Gasteiger partial charge < -0.3 is 10.6 Å². The minimum atomic E-state index is -3.85. The summed E-state index contributed by atoms with van der Waals surface area (Å²) < 4.78 is 39.1. The van der Waals surface area contributed by atoms with Gasteiger partial charge in [0.15, 0.2) is 0 Å². The fourth-order valence-corrected chi connectivity index (χ4v) is 4.11. The van der Waals surface area contributed by atoms with Gasteiger partial charge in [0.05, 0.1) is 4.90 Å². The summed E-state index contributed by atoms with van der Waals surface area (Å²) in [4.78, 5) is 23.3. The maximum atomic E-state index is 12.8. The predicted molar refractivity (Wildman–Crippen MR) is 85.7 cm³/mol. The number of benzene rings is 1. The van der Waals surface area contributed by atoms with Crippen molar-refractivity contribution in [2.45, 2.75) is 24.3 Å². The number of carbonyl (C=O) groups excluding carboxylic acids is 2. The molecule has 9 heteroatoms. The van der Waals surface area contributed by atoms with Gasteiger partial charge in [-0.05, 0) is 25.1 Å². The first-order valence-electron chi connectivity index (χ1n) is 7.59. The largest absolute Gasteiger partial charge is 0.354 e. The molecular formula is C15H20FN3O4S. The maximum absolute atomic E-state index is 12.8. The van der Waals surface area contributed by atoms with E-state index in [2.05, 4.69) is 10.6 Å². The van der Waals surface area contributed by atoms with Crippen molar-refractivity contribution < 1.29 is 22.4 Å². The molecule has 0 bridgehead atoms. The maximum Gasteiger partial charge on any atom is 0.251 e. The van der Waals surface area contributed by atoms with Gasteiger partial charge in [-0.2, -0.15) is 4.31 Å². The van der Waals surface area contributed by atoms with Crippen LogP contribution in [0.15, 0.2) is 29.2 Å². The average Bonchev–Trinajstić information content (AvgIpc) is 2.74. The van der Waals surface area contributed by atoms with Crippen LogP contribution >= 0.6 is 0 Å². The summed E-state index contributed by atoms with van der Waals surface area (Å²) in [6, 6.07) is 5.18. The molecule has 1 aliphatic rings. The molecule has 1 aliphatic heterocycles. The number of halogens is 1. The molecule has 0 aliphatic carbocycles. The van der Waals surface area contributed by atoms with Crippen LogP contribution in [0.3, 0.4) is 0 Å². The summed E-state index contributed by atoms with van der Waals surface area (Å²) in [6.07, 6.45) is 0.0836. The van der Waals surface area contributed by atoms with Crippen LogP contribution < -0.4 is 10.6 Å². The van der Waals surface area contributed by atoms with Crippen molar-refractivity contribution >= 4 is 21.8 Å². The number of hydrogen-bond donors (Lipinski definition) is 2. The Kier molecular flexibility index (Phi) is 5.89. The Morgan fingerprint density at radius 1 is 1.46 bits per heavy atom. The number of hydrogen-bond acceptors (Lipinski definition) is 4. The Hall–Kier alpha value is -2.00. The third-order valence-corrected chi connectivity index (χ3v) is 5.74. The Bertz CT molecular complexity index is 723. The highest BCUT2D eigenvalue weighted by Crippen LogP contribution is 2.21. The fraction of sp³-hybridized carbons (Fsp3) is 0.467. The molecule has 1 atom stereocenters. The second kappa shape index (κ2) is 7.71. The molecule has 0 radical (unpaired) electrons. The second-order valence-corrected chi connectivity index (χ2v) is 7.38. The number of carbonyl (C=O) groups is 2. The van der Waals surface area contributed by atoms with Gasteiger partial charge in [-0.3, -0.25) is 9.59 Å². The van der Waals surface area contributed by atoms with Crippen LogP contribution in [0.25, 0.3) is 0 Å². The number of sulfonamides is 1. The normalized spacial score (nSPS) is 19.4. The van der Waals surface area contributed by atoms with Crippen LogP contribution in [0.1, 0.15) is 23.7 Å². The van der Waals surface area contributed by atoms with Gasteiger partial charge in [0, 0.05) is 37.7 Å². The van der Waals surface area contributed by atoms with Gasteiger partial charge >= 0.3 is 0 Å². The minimum absolute atomic E-state index is 0.0309. The van der Waals surface area contributed by atoms with Crippen LogP contribution in [0.2, 0.25) is 0 Å². The van der Waals surface area contributed by atoms with Gasteiger partial charge in [0.1, 0.15) is 6.67 Å². The lowest BCUT2D eigenvalue weighted by Gasteiger charge is -2.25. The molecule has 2 amide bonds. The van der Waals surface area contributed by atoms with Gasteiger partial charge in [-0.1, -0.05) is 6.07 Å². The highest BCUT2D eigenvalue weighted by atomic mass is 32.2. The molecule has 24 heavy (non-hydrogen) atoms. The Morgan fingerprint density at radius 3 is 2.92 bits per heavy atom. The average molecular weight is 357 g/mol. The van der Waals surface area contributed by atoms with Crippen LogP contribution in [0.4, 0.5) is 4.39 Å². The van der Waals surface area contributed by atoms with E-state index in [0.717, 1.165) is 0 Å². The summed E-state index contributed by atoms with van der Waals surface area (Å²) >= 11 is 0. The smallest absolute Gasteiger partial charge is 0.251 e. The molecule has 1 saturated heterocycles. The fourth-order valence-electron chi connectivity index (χ4n) is 2.44. The molecular weight excluding hydrogens is 337 g/mol. The zero-order chi connectivity index (χ0) is 17.7. The van der Waals surface area contributed by atoms with Gasteiger partial charge in [0.25, 0.3) is 5.91 Å². The zero-order valence-corrected chi connectivity index (χ0v) is 14.1. The molecule has 132 valence electrons. The lowest BCUT2D eigenvalue weighted by atomic mass is 10.2. The van der Waals surface area contributed by atoms with Crippen LogP contribution in [0, 0.1) is 0 Å². The molecule has 0 unspecified atom stereocenters. The number of nitrogens with one attached hydrogen (secondary N) is 2. The quantitative estimate of drug-likeness (QED) is 0.791. The minimum Gasteiger partial charge on any atom is -0.354 e. The lowest BCUT2D eigenvalue weighted by molar-refractivity contribution is -0.120. The van der Waals surface area contributed by atoms with Crippen molar-refractivity contribution in [3.05, 3.63) is 29.8 Å². The molecule has 2 N–H and O–H groups in total. The van der Waals surface area contributed by atoms with Crippen molar-refractivity contribution in [1.82, 2.24) is 14.9 Å². The van der Waals surface area contributed by atoms with E-state index in [0.29, 0.717) is 0 Å². The molecule has 1 aromatic rings. The van der Waals surface area contributed by atoms with Crippen LogP contribution in [-0.2, 0) is 14.8 Å². The van der Waals surface area contributed by atoms with Crippen LogP contribution in [-0.4, -0.2) is 56.9 Å². The first-order chi connectivity index (χ1) is 11.4. The third kappa shape index (κ3) is 4.09. The molecule has 0 spiro atoms. The van der Waals surface area contributed by atoms with Crippen LogP contribution in [0.5, 0.6) is 0 Å². The summed E-state index contributed by atoms with van der Waals surface area (Å²) in [7, 11) is -3.85. The monoisotopic (exact) mass is 357 g/mol. The number of rotatable bonds is 5. The van der Waals surface area contributed by atoms with Crippen molar-refractivity contribution in [2.24, 2.45) is 0 Å². The lowest BCUT2D eigenvalue weighted by Crippen LogP contribution is -2.41. The van der Waals surface area contributed by atoms with Crippen molar-refractivity contribution in [2.75, 3.05) is 26.3 Å². The van der Waals surface area contributed by atoms with E-state index in [-0.39, 0.29) is 42.4 Å². The van der Waals surface area contributed by atoms with E-state index >= 15 is 0 Å². The van der Waals surface area contributed by atoms with E-state index < -0.39 is 28.6 Å². The molecule has 0 saturated carbocycles. The third-order valence-electron chi connectivity index (χ3n) is 3.73. The highest BCUT2D eigenvalue weighted by Gasteiger charge is 2.31. The van der Waals surface area contributed by atoms with Gasteiger partial charge in [-0.15, -0.1) is 0 Å². The molecule has 0 aromatic heterocycles. The second-order valence-electron chi connectivity index (χ2n) is 5.49. The predicted octanol–water partition coefficient (Wildman–Crippen LogP) is 0.285. The number of alkyl halides is 1. The van der Waals surface area contributed by atoms with E-state index in [1.807, 2.05) is 0 Å². The van der Waals surface area contributed by atoms with E-state index in [9.17, 15) is 22.4 Å². The SMILES string of the molecule is C[C@H]1CNC(=O)CCN1S(=O)(=O)c1cccc(C(=O)NCCF)c1. The van der Waals surface area contributed by atoms with Crippen molar-refractivity contribution in [3.8, 4) is 0 Å². The summed E-state index contributed by atoms with van der Waals surface area (Å²) in [5, 5.41) is 5.01. The zero-order valence-electron chi connectivity index (χ0n) is 13.3. The Morgan fingerprint density at radius 2 is 2.21 bits per heavy atom. The highest BCUT2D eigenvalue weighted by molar-refractivity contribution is 7.89. The summed E-state index contributed by atoms with van der Waals surface area (Å²) in [6.45, 7) is 1.19. The van der Waals surface area contributed by atoms with E-state index in [1.54, 1.807) is 6.92 Å². The summed E-state index contributed by atoms with van der Waals surface area (Å²) in [5.41, 5.74) is 0.140. The Balaban J connectivity index is 2.28. The van der Waals surface area contributed by atoms with Crippen molar-refractivity contribution in [1.29, 1.82) is 0 Å². The first-order valence-corrected chi connectivity index (χ1v) is 9.03. The van der Waals surface area contributed by atoms with Gasteiger partial charge in [-0.25, -0.2) is 12.8 Å². The molecule has 7 nitrogen and oxygen atoms in total. The molecule has 1 heterocycles. The molecule has 1 aromatic carbocycles. The van der Waals surface area contributed by atoms with Crippen molar-refractivity contribution in [3.63, 3.8) is 0 Å². The van der Waals surface area contributed by atoms with E-state index in [4.69, 9.17) is 0 Å². The summed E-state index contributed by atoms with van der Waals surface area (Å²) in [5.74, 6) is -0.732. The van der Waals surface area contributed by atoms with E-state index in [1.165, 1.54) is 28.6 Å². The molecule has 2 rings (SSSR count). The topological polar surface area (TPSA) is 95.6 Å². The Labute approximate surface area is 140 Å². The first kappa shape index (κ1) is 18.3. The number of nitrogens with zero attached hydrogens (tertiary/aromatic N) is 1.